The highest BCUT2D eigenvalue weighted by molar-refractivity contribution is 5.68. The summed E-state index contributed by atoms with van der Waals surface area (Å²) in [5.41, 5.74) is 0.985. The van der Waals surface area contributed by atoms with Crippen LogP contribution < -0.4 is 4.74 Å². The van der Waals surface area contributed by atoms with Crippen LogP contribution >= 0.6 is 0 Å². The zero-order chi connectivity index (χ0) is 14.8. The molecule has 2 aliphatic rings. The topological polar surface area (TPSA) is 76.0 Å². The van der Waals surface area contributed by atoms with E-state index < -0.39 is 5.97 Å². The summed E-state index contributed by atoms with van der Waals surface area (Å²) < 4.78 is 11.3. The summed E-state index contributed by atoms with van der Waals surface area (Å²) in [5, 5.41) is 18.3. The molecule has 0 radical (unpaired) electrons. The Morgan fingerprint density at radius 2 is 1.95 bits per heavy atom. The zero-order valence-corrected chi connectivity index (χ0v) is 11.8. The molecule has 0 spiro atoms. The number of aliphatic hydroxyl groups is 1. The average molecular weight is 292 g/mol. The van der Waals surface area contributed by atoms with Gasteiger partial charge < -0.3 is 19.7 Å². The summed E-state index contributed by atoms with van der Waals surface area (Å²) in [6, 6.07) is 7.50. The quantitative estimate of drug-likeness (QED) is 0.830. The van der Waals surface area contributed by atoms with E-state index in [0.29, 0.717) is 5.75 Å². The first-order valence-electron chi connectivity index (χ1n) is 7.38. The number of aliphatic hydroxyl groups excluding tert-OH is 1. The molecule has 1 aromatic rings. The monoisotopic (exact) mass is 292 g/mol. The number of para-hydroxylation sites is 1. The molecule has 0 aromatic heterocycles. The first-order chi connectivity index (χ1) is 10.2. The number of carbonyl (C=O) groups is 1. The Labute approximate surface area is 123 Å². The van der Waals surface area contributed by atoms with Gasteiger partial charge in [-0.15, -0.1) is 0 Å². The number of ether oxygens (including phenoxy) is 2. The summed E-state index contributed by atoms with van der Waals surface area (Å²) in [6.07, 6.45) is 3.21. The van der Waals surface area contributed by atoms with Gasteiger partial charge in [0.05, 0.1) is 12.2 Å². The van der Waals surface area contributed by atoms with E-state index in [0.717, 1.165) is 24.8 Å². The molecular weight excluding hydrogens is 272 g/mol. The van der Waals surface area contributed by atoms with Gasteiger partial charge in [-0.25, -0.2) is 4.79 Å². The zero-order valence-electron chi connectivity index (χ0n) is 11.8. The third kappa shape index (κ3) is 2.89. The van der Waals surface area contributed by atoms with Crippen LogP contribution in [0.3, 0.4) is 0 Å². The van der Waals surface area contributed by atoms with Crippen molar-refractivity contribution in [3.05, 3.63) is 29.8 Å². The van der Waals surface area contributed by atoms with Crippen molar-refractivity contribution in [1.82, 2.24) is 0 Å². The van der Waals surface area contributed by atoms with Crippen molar-refractivity contribution in [3.8, 4) is 5.75 Å². The minimum atomic E-state index is -0.985. The summed E-state index contributed by atoms with van der Waals surface area (Å²) in [7, 11) is 0. The van der Waals surface area contributed by atoms with Crippen molar-refractivity contribution in [1.29, 1.82) is 0 Å². The van der Waals surface area contributed by atoms with Crippen molar-refractivity contribution in [2.24, 2.45) is 11.8 Å². The van der Waals surface area contributed by atoms with Gasteiger partial charge in [-0.05, 0) is 36.8 Å². The second kappa shape index (κ2) is 6.03. The highest BCUT2D eigenvalue weighted by Gasteiger charge is 2.48. The Morgan fingerprint density at radius 3 is 2.67 bits per heavy atom. The maximum atomic E-state index is 10.7. The molecule has 2 heterocycles. The van der Waals surface area contributed by atoms with Gasteiger partial charge in [0.15, 0.2) is 6.61 Å². The SMILES string of the molecule is O=C(O)COc1ccccc1C[C@H]1[C@@H](CO)[C@H]2CC[C@@H]1O2. The Balaban J connectivity index is 1.74. The number of carboxylic acids is 1. The summed E-state index contributed by atoms with van der Waals surface area (Å²) >= 11 is 0. The lowest BCUT2D eigenvalue weighted by molar-refractivity contribution is -0.139. The van der Waals surface area contributed by atoms with Crippen molar-refractivity contribution >= 4 is 5.97 Å². The fourth-order valence-corrected chi connectivity index (χ4v) is 3.61. The smallest absolute Gasteiger partial charge is 0.341 e. The predicted molar refractivity (Wildman–Crippen MR) is 75.2 cm³/mol. The van der Waals surface area contributed by atoms with Gasteiger partial charge in [0.25, 0.3) is 0 Å². The second-order valence-corrected chi connectivity index (χ2v) is 5.79. The number of hydrogen-bond acceptors (Lipinski definition) is 4. The van der Waals surface area contributed by atoms with E-state index in [4.69, 9.17) is 14.6 Å². The predicted octanol–water partition coefficient (Wildman–Crippen LogP) is 1.48. The van der Waals surface area contributed by atoms with Gasteiger partial charge in [-0.2, -0.15) is 0 Å². The lowest BCUT2D eigenvalue weighted by Gasteiger charge is -2.27. The van der Waals surface area contributed by atoms with Crippen molar-refractivity contribution in [3.63, 3.8) is 0 Å². The molecule has 0 amide bonds. The van der Waals surface area contributed by atoms with E-state index >= 15 is 0 Å². The summed E-state index contributed by atoms with van der Waals surface area (Å²) in [4.78, 5) is 10.7. The maximum Gasteiger partial charge on any atom is 0.341 e. The first-order valence-corrected chi connectivity index (χ1v) is 7.38. The highest BCUT2D eigenvalue weighted by Crippen LogP contribution is 2.45. The van der Waals surface area contributed by atoms with E-state index in [1.165, 1.54) is 0 Å². The molecule has 2 fully saturated rings. The third-order valence-corrected chi connectivity index (χ3v) is 4.58. The molecule has 3 rings (SSSR count). The van der Waals surface area contributed by atoms with E-state index in [9.17, 15) is 9.90 Å². The molecule has 4 atom stereocenters. The standard InChI is InChI=1S/C16H20O5/c17-8-12-11(14-5-6-15(12)21-14)7-10-3-1-2-4-13(10)20-9-16(18)19/h1-4,11-12,14-15,17H,5-9H2,(H,18,19)/t11-,12+,14-,15+/m0/s1. The molecule has 0 aliphatic carbocycles. The molecular formula is C16H20O5. The minimum absolute atomic E-state index is 0.143. The number of carboxylic acid groups (broad SMARTS) is 1. The lowest BCUT2D eigenvalue weighted by atomic mass is 9.76. The lowest BCUT2D eigenvalue weighted by Crippen LogP contribution is -2.31. The van der Waals surface area contributed by atoms with E-state index in [1.807, 2.05) is 18.2 Å². The fourth-order valence-electron chi connectivity index (χ4n) is 3.61. The molecule has 1 aromatic carbocycles. The van der Waals surface area contributed by atoms with Gasteiger partial charge >= 0.3 is 5.97 Å². The fraction of sp³-hybridized carbons (Fsp3) is 0.562. The molecule has 0 saturated carbocycles. The molecule has 2 N–H and O–H groups in total. The molecule has 5 heteroatoms. The van der Waals surface area contributed by atoms with Crippen LogP contribution in [0, 0.1) is 11.8 Å². The minimum Gasteiger partial charge on any atom is -0.482 e. The van der Waals surface area contributed by atoms with Gasteiger partial charge in [-0.3, -0.25) is 0 Å². The molecule has 21 heavy (non-hydrogen) atoms. The normalized spacial score (nSPS) is 30.5. The molecule has 2 saturated heterocycles. The summed E-state index contributed by atoms with van der Waals surface area (Å²) in [5.74, 6) is 0.0836. The van der Waals surface area contributed by atoms with Crippen LogP contribution in [-0.2, 0) is 16.0 Å². The second-order valence-electron chi connectivity index (χ2n) is 5.79. The van der Waals surface area contributed by atoms with Crippen LogP contribution in [0.2, 0.25) is 0 Å². The highest BCUT2D eigenvalue weighted by atomic mass is 16.5. The Hall–Kier alpha value is -1.59. The first kappa shape index (κ1) is 14.4. The number of hydrogen-bond donors (Lipinski definition) is 2. The van der Waals surface area contributed by atoms with Crippen LogP contribution in [0.15, 0.2) is 24.3 Å². The molecule has 0 unspecified atom stereocenters. The largest absolute Gasteiger partial charge is 0.482 e. The van der Waals surface area contributed by atoms with Crippen LogP contribution in [0.5, 0.6) is 5.75 Å². The Kier molecular flexibility index (Phi) is 4.12. The molecule has 2 bridgehead atoms. The Morgan fingerprint density at radius 1 is 1.24 bits per heavy atom. The number of fused-ring (bicyclic) bond motifs is 2. The Bertz CT molecular complexity index is 515. The van der Waals surface area contributed by atoms with E-state index in [-0.39, 0.29) is 37.3 Å². The van der Waals surface area contributed by atoms with E-state index in [2.05, 4.69) is 0 Å². The van der Waals surface area contributed by atoms with Crippen molar-refractivity contribution in [2.45, 2.75) is 31.5 Å². The summed E-state index contributed by atoms with van der Waals surface area (Å²) in [6.45, 7) is -0.197. The maximum absolute atomic E-state index is 10.7. The van der Waals surface area contributed by atoms with Crippen molar-refractivity contribution < 1.29 is 24.5 Å². The molecule has 5 nitrogen and oxygen atoms in total. The third-order valence-electron chi connectivity index (χ3n) is 4.58. The van der Waals surface area contributed by atoms with Gasteiger partial charge in [0.2, 0.25) is 0 Å². The molecule has 114 valence electrons. The van der Waals surface area contributed by atoms with Gasteiger partial charge in [0, 0.05) is 12.5 Å². The van der Waals surface area contributed by atoms with Crippen LogP contribution in [0.4, 0.5) is 0 Å². The van der Waals surface area contributed by atoms with Crippen LogP contribution in [-0.4, -0.2) is 41.6 Å². The van der Waals surface area contributed by atoms with E-state index in [1.54, 1.807) is 6.07 Å². The number of benzene rings is 1. The van der Waals surface area contributed by atoms with Gasteiger partial charge in [-0.1, -0.05) is 18.2 Å². The average Bonchev–Trinajstić information content (AvgIpc) is 3.07. The number of rotatable bonds is 6. The van der Waals surface area contributed by atoms with Crippen LogP contribution in [0.1, 0.15) is 18.4 Å². The molecule has 2 aliphatic heterocycles. The number of aliphatic carboxylic acids is 1. The van der Waals surface area contributed by atoms with Crippen LogP contribution in [0.25, 0.3) is 0 Å². The van der Waals surface area contributed by atoms with Gasteiger partial charge in [0.1, 0.15) is 5.75 Å². The van der Waals surface area contributed by atoms with Crippen molar-refractivity contribution in [2.75, 3.05) is 13.2 Å².